The van der Waals surface area contributed by atoms with Gasteiger partial charge in [0.05, 0.1) is 26.2 Å². The van der Waals surface area contributed by atoms with E-state index in [1.807, 2.05) is 42.5 Å². The summed E-state index contributed by atoms with van der Waals surface area (Å²) in [6.45, 7) is 3.99. The lowest BCUT2D eigenvalue weighted by Crippen LogP contribution is -3.15. The fourth-order valence-corrected chi connectivity index (χ4v) is 3.69. The summed E-state index contributed by atoms with van der Waals surface area (Å²) in [5.41, 5.74) is 3.27. The minimum Gasteiger partial charge on any atom is -0.330 e. The Morgan fingerprint density at radius 2 is 1.62 bits per heavy atom. The smallest absolute Gasteiger partial charge is 0.279 e. The van der Waals surface area contributed by atoms with Crippen molar-refractivity contribution in [3.8, 4) is 0 Å². The number of quaternary nitrogens is 1. The van der Waals surface area contributed by atoms with Gasteiger partial charge in [-0.3, -0.25) is 4.79 Å². The van der Waals surface area contributed by atoms with Crippen molar-refractivity contribution in [3.63, 3.8) is 0 Å². The third kappa shape index (κ3) is 5.18. The molecule has 3 aromatic rings. The Kier molecular flexibility index (Phi) is 6.12. The monoisotopic (exact) mass is 388 g/mol. The Morgan fingerprint density at radius 1 is 0.931 bits per heavy atom. The normalized spacial score (nSPS) is 14.6. The minimum absolute atomic E-state index is 0.0601. The molecule has 2 aromatic carbocycles. The van der Waals surface area contributed by atoms with Crippen molar-refractivity contribution in [2.24, 2.45) is 0 Å². The topological polar surface area (TPSA) is 62.6 Å². The van der Waals surface area contributed by atoms with Crippen LogP contribution in [0.1, 0.15) is 11.1 Å². The number of hydrogen-bond acceptors (Lipinski definition) is 4. The van der Waals surface area contributed by atoms with E-state index in [1.54, 1.807) is 12.4 Å². The highest BCUT2D eigenvalue weighted by Crippen LogP contribution is 2.19. The maximum absolute atomic E-state index is 12.7. The largest absolute Gasteiger partial charge is 0.330 e. The summed E-state index contributed by atoms with van der Waals surface area (Å²) in [7, 11) is 0. The van der Waals surface area contributed by atoms with E-state index in [0.717, 1.165) is 49.8 Å². The number of piperazine rings is 1. The van der Waals surface area contributed by atoms with Crippen LogP contribution in [0.2, 0.25) is 0 Å². The number of anilines is 2. The average Bonchev–Trinajstić information content (AvgIpc) is 2.77. The number of hydrogen-bond donors (Lipinski definition) is 2. The van der Waals surface area contributed by atoms with Crippen LogP contribution in [0.15, 0.2) is 73.1 Å². The van der Waals surface area contributed by atoms with Crippen molar-refractivity contribution in [1.29, 1.82) is 0 Å². The van der Waals surface area contributed by atoms with E-state index in [1.165, 1.54) is 10.5 Å². The second-order valence-corrected chi connectivity index (χ2v) is 7.33. The molecule has 0 atom stereocenters. The third-order valence-corrected chi connectivity index (χ3v) is 5.24. The molecule has 0 radical (unpaired) electrons. The Bertz CT molecular complexity index is 924. The quantitative estimate of drug-likeness (QED) is 0.670. The fraction of sp³-hybridized carbons (Fsp3) is 0.261. The molecule has 2 N–H and O–H groups in total. The van der Waals surface area contributed by atoms with Gasteiger partial charge in [0.25, 0.3) is 5.91 Å². The SMILES string of the molecule is O=C(C[NH+]1CCN(c2ncccn2)CC1)Nc1ccccc1Cc1ccccc1. The van der Waals surface area contributed by atoms with Crippen LogP contribution >= 0.6 is 0 Å². The van der Waals surface area contributed by atoms with Crippen LogP contribution in [0.3, 0.4) is 0 Å². The Labute approximate surface area is 171 Å². The molecular formula is C23H26N5O+. The van der Waals surface area contributed by atoms with Crippen molar-refractivity contribution in [1.82, 2.24) is 9.97 Å². The molecule has 0 spiro atoms. The average molecular weight is 388 g/mol. The van der Waals surface area contributed by atoms with Gasteiger partial charge in [-0.25, -0.2) is 9.97 Å². The van der Waals surface area contributed by atoms with E-state index in [2.05, 4.69) is 38.4 Å². The molecule has 1 saturated heterocycles. The van der Waals surface area contributed by atoms with E-state index in [4.69, 9.17) is 0 Å². The van der Waals surface area contributed by atoms with Gasteiger partial charge in [0.1, 0.15) is 0 Å². The van der Waals surface area contributed by atoms with E-state index < -0.39 is 0 Å². The van der Waals surface area contributed by atoms with Crippen molar-refractivity contribution in [2.45, 2.75) is 6.42 Å². The second kappa shape index (κ2) is 9.30. The number of carbonyl (C=O) groups is 1. The number of nitrogens with one attached hydrogen (secondary N) is 2. The van der Waals surface area contributed by atoms with Crippen LogP contribution in [0, 0.1) is 0 Å². The van der Waals surface area contributed by atoms with Gasteiger partial charge in [-0.05, 0) is 29.7 Å². The molecule has 4 rings (SSSR count). The third-order valence-electron chi connectivity index (χ3n) is 5.24. The van der Waals surface area contributed by atoms with Crippen molar-refractivity contribution in [3.05, 3.63) is 84.2 Å². The van der Waals surface area contributed by atoms with Gasteiger partial charge in [-0.15, -0.1) is 0 Å². The number of amides is 1. The van der Waals surface area contributed by atoms with Crippen LogP contribution < -0.4 is 15.1 Å². The number of rotatable bonds is 6. The molecule has 1 fully saturated rings. The Hall–Kier alpha value is -3.25. The first-order chi connectivity index (χ1) is 14.3. The molecule has 0 bridgehead atoms. The van der Waals surface area contributed by atoms with Crippen molar-refractivity contribution in [2.75, 3.05) is 42.9 Å². The molecule has 6 nitrogen and oxygen atoms in total. The van der Waals surface area contributed by atoms with E-state index in [9.17, 15) is 4.79 Å². The zero-order chi connectivity index (χ0) is 19.9. The zero-order valence-electron chi connectivity index (χ0n) is 16.4. The van der Waals surface area contributed by atoms with Gasteiger partial charge >= 0.3 is 0 Å². The number of benzene rings is 2. The zero-order valence-corrected chi connectivity index (χ0v) is 16.4. The maximum Gasteiger partial charge on any atom is 0.279 e. The van der Waals surface area contributed by atoms with E-state index >= 15 is 0 Å². The van der Waals surface area contributed by atoms with Gasteiger partial charge in [0, 0.05) is 18.1 Å². The minimum atomic E-state index is 0.0601. The molecule has 1 aromatic heterocycles. The molecule has 1 aliphatic heterocycles. The summed E-state index contributed by atoms with van der Waals surface area (Å²) in [4.78, 5) is 24.8. The summed E-state index contributed by atoms with van der Waals surface area (Å²) in [6.07, 6.45) is 4.34. The summed E-state index contributed by atoms with van der Waals surface area (Å²) in [5.74, 6) is 0.829. The van der Waals surface area contributed by atoms with Crippen molar-refractivity contribution < 1.29 is 9.69 Å². The second-order valence-electron chi connectivity index (χ2n) is 7.33. The number of carbonyl (C=O) groups excluding carboxylic acids is 1. The molecule has 0 aliphatic carbocycles. The van der Waals surface area contributed by atoms with E-state index in [0.29, 0.717) is 6.54 Å². The molecule has 148 valence electrons. The maximum atomic E-state index is 12.7. The summed E-state index contributed by atoms with van der Waals surface area (Å²) >= 11 is 0. The van der Waals surface area contributed by atoms with Gasteiger partial charge in [0.15, 0.2) is 6.54 Å². The molecular weight excluding hydrogens is 362 g/mol. The highest BCUT2D eigenvalue weighted by molar-refractivity contribution is 5.92. The molecule has 0 saturated carbocycles. The predicted molar refractivity (Wildman–Crippen MR) is 114 cm³/mol. The first-order valence-electron chi connectivity index (χ1n) is 10.0. The summed E-state index contributed by atoms with van der Waals surface area (Å²) < 4.78 is 0. The number of aromatic nitrogens is 2. The fourth-order valence-electron chi connectivity index (χ4n) is 3.69. The van der Waals surface area contributed by atoms with Gasteiger partial charge in [-0.1, -0.05) is 48.5 Å². The molecule has 2 heterocycles. The highest BCUT2D eigenvalue weighted by Gasteiger charge is 2.23. The molecule has 0 unspecified atom stereocenters. The molecule has 6 heteroatoms. The Balaban J connectivity index is 1.31. The van der Waals surface area contributed by atoms with Crippen LogP contribution in [-0.4, -0.2) is 48.6 Å². The number of nitrogens with zero attached hydrogens (tertiary/aromatic N) is 3. The summed E-state index contributed by atoms with van der Waals surface area (Å²) in [6, 6.07) is 20.2. The first-order valence-corrected chi connectivity index (χ1v) is 10.0. The lowest BCUT2D eigenvalue weighted by atomic mass is 10.0. The standard InChI is InChI=1S/C23H25N5O/c29-22(18-27-13-15-28(16-14-27)23-24-11-6-12-25-23)26-21-10-5-4-9-20(21)17-19-7-2-1-3-8-19/h1-12H,13-18H2,(H,26,29)/p+1. The molecule has 1 amide bonds. The van der Waals surface area contributed by atoms with Crippen LogP contribution in [0.4, 0.5) is 11.6 Å². The van der Waals surface area contributed by atoms with E-state index in [-0.39, 0.29) is 5.91 Å². The highest BCUT2D eigenvalue weighted by atomic mass is 16.2. The lowest BCUT2D eigenvalue weighted by Gasteiger charge is -2.31. The van der Waals surface area contributed by atoms with Crippen LogP contribution in [0.25, 0.3) is 0 Å². The Morgan fingerprint density at radius 3 is 2.38 bits per heavy atom. The van der Waals surface area contributed by atoms with Gasteiger partial charge < -0.3 is 15.1 Å². The van der Waals surface area contributed by atoms with Crippen LogP contribution in [-0.2, 0) is 11.2 Å². The number of para-hydroxylation sites is 1. The van der Waals surface area contributed by atoms with Gasteiger partial charge in [-0.2, -0.15) is 0 Å². The molecule has 29 heavy (non-hydrogen) atoms. The predicted octanol–water partition coefficient (Wildman–Crippen LogP) is 1.41. The van der Waals surface area contributed by atoms with Gasteiger partial charge in [0.2, 0.25) is 5.95 Å². The summed E-state index contributed by atoms with van der Waals surface area (Å²) in [5, 5.41) is 3.12. The van der Waals surface area contributed by atoms with Crippen molar-refractivity contribution >= 4 is 17.5 Å². The lowest BCUT2D eigenvalue weighted by molar-refractivity contribution is -0.892. The first kappa shape index (κ1) is 19.1. The van der Waals surface area contributed by atoms with Crippen LogP contribution in [0.5, 0.6) is 0 Å². The molecule has 1 aliphatic rings.